The summed E-state index contributed by atoms with van der Waals surface area (Å²) in [6.07, 6.45) is 5.52. The Hall–Kier alpha value is -3.83. The molecule has 194 valence electrons. The first kappa shape index (κ1) is 24.5. The molecule has 1 saturated carbocycles. The summed E-state index contributed by atoms with van der Waals surface area (Å²) in [6.45, 7) is 5.13. The maximum absolute atomic E-state index is 12.8. The third kappa shape index (κ3) is 5.39. The number of nitrogens with zero attached hydrogens (tertiary/aromatic N) is 7. The number of nitrogens with one attached hydrogen (secondary N) is 2. The van der Waals surface area contributed by atoms with Crippen LogP contribution in [-0.4, -0.2) is 57.0 Å². The Morgan fingerprint density at radius 3 is 2.55 bits per heavy atom. The standard InChI is InChI=1S/C26H26ClN9OS/c1-16-5-4-6-18(27)21(16)30-23(37)19-15-29-26(38-19)34-24-31-22(17-8-9-17)32-25(33-24)36-13-11-35(12-14-36)20-7-2-3-10-28-20/h2-7,10,15,17H,8-9,11-14H2,1H3,(H,30,37)(H,29,31,32,33,34). The average Bonchev–Trinajstić information content (AvgIpc) is 3.70. The number of anilines is 5. The molecule has 2 aliphatic rings. The second kappa shape index (κ2) is 10.5. The number of benzene rings is 1. The van der Waals surface area contributed by atoms with Gasteiger partial charge < -0.3 is 15.1 Å². The van der Waals surface area contributed by atoms with Gasteiger partial charge in [0.1, 0.15) is 16.5 Å². The molecule has 1 aromatic carbocycles. The molecule has 0 unspecified atom stereocenters. The predicted molar refractivity (Wildman–Crippen MR) is 150 cm³/mol. The van der Waals surface area contributed by atoms with Gasteiger partial charge in [0, 0.05) is 38.3 Å². The Kier molecular flexibility index (Phi) is 6.77. The number of carbonyl (C=O) groups excluding carboxylic acids is 1. The molecule has 3 aromatic heterocycles. The summed E-state index contributed by atoms with van der Waals surface area (Å²) in [7, 11) is 0. The first-order chi connectivity index (χ1) is 18.5. The first-order valence-corrected chi connectivity index (χ1v) is 13.7. The van der Waals surface area contributed by atoms with Crippen LogP contribution in [-0.2, 0) is 0 Å². The smallest absolute Gasteiger partial charge is 0.267 e. The number of aromatic nitrogens is 5. The highest BCUT2D eigenvalue weighted by atomic mass is 35.5. The summed E-state index contributed by atoms with van der Waals surface area (Å²) >= 11 is 7.50. The molecule has 38 heavy (non-hydrogen) atoms. The second-order valence-corrected chi connectivity index (χ2v) is 10.7. The monoisotopic (exact) mass is 547 g/mol. The Morgan fingerprint density at radius 2 is 1.82 bits per heavy atom. The van der Waals surface area contributed by atoms with Crippen LogP contribution in [0.15, 0.2) is 48.8 Å². The van der Waals surface area contributed by atoms with E-state index in [2.05, 4.69) is 35.4 Å². The molecule has 1 saturated heterocycles. The molecule has 1 amide bonds. The Labute approximate surface area is 229 Å². The van der Waals surface area contributed by atoms with Crippen LogP contribution in [0.2, 0.25) is 5.02 Å². The zero-order chi connectivity index (χ0) is 26.1. The van der Waals surface area contributed by atoms with E-state index in [1.54, 1.807) is 6.07 Å². The van der Waals surface area contributed by atoms with Crippen LogP contribution in [0.3, 0.4) is 0 Å². The fourth-order valence-electron chi connectivity index (χ4n) is 4.28. The van der Waals surface area contributed by atoms with Crippen LogP contribution in [0.5, 0.6) is 0 Å². The number of pyridine rings is 1. The van der Waals surface area contributed by atoms with Gasteiger partial charge in [-0.15, -0.1) is 0 Å². The number of hydrogen-bond donors (Lipinski definition) is 2. The van der Waals surface area contributed by atoms with Crippen LogP contribution < -0.4 is 20.4 Å². The van der Waals surface area contributed by atoms with Gasteiger partial charge in [0.2, 0.25) is 11.9 Å². The lowest BCUT2D eigenvalue weighted by molar-refractivity contribution is 0.103. The molecule has 4 heterocycles. The third-order valence-corrected chi connectivity index (χ3v) is 7.75. The van der Waals surface area contributed by atoms with E-state index in [4.69, 9.17) is 21.6 Å². The first-order valence-electron chi connectivity index (χ1n) is 12.5. The lowest BCUT2D eigenvalue weighted by atomic mass is 10.2. The average molecular weight is 548 g/mol. The summed E-state index contributed by atoms with van der Waals surface area (Å²) in [5.41, 5.74) is 1.49. The molecule has 4 aromatic rings. The van der Waals surface area contributed by atoms with Gasteiger partial charge >= 0.3 is 0 Å². The van der Waals surface area contributed by atoms with Crippen LogP contribution in [0.4, 0.5) is 28.5 Å². The van der Waals surface area contributed by atoms with E-state index in [1.165, 1.54) is 17.5 Å². The molecule has 0 atom stereocenters. The number of hydrogen-bond acceptors (Lipinski definition) is 10. The lowest BCUT2D eigenvalue weighted by Crippen LogP contribution is -2.47. The van der Waals surface area contributed by atoms with Crippen LogP contribution in [0.1, 0.15) is 39.8 Å². The van der Waals surface area contributed by atoms with Gasteiger partial charge in [0.15, 0.2) is 5.13 Å². The van der Waals surface area contributed by atoms with Crippen molar-refractivity contribution in [3.63, 3.8) is 0 Å². The molecule has 1 aliphatic carbocycles. The number of halogens is 1. The Balaban J connectivity index is 1.16. The normalized spacial score (nSPS) is 15.4. The maximum Gasteiger partial charge on any atom is 0.267 e. The van der Waals surface area contributed by atoms with E-state index in [-0.39, 0.29) is 5.91 Å². The molecule has 2 fully saturated rings. The highest BCUT2D eigenvalue weighted by molar-refractivity contribution is 7.17. The minimum Gasteiger partial charge on any atom is -0.353 e. The molecule has 0 spiro atoms. The molecule has 6 rings (SSSR count). The molecular formula is C26H26ClN9OS. The van der Waals surface area contributed by atoms with E-state index in [1.807, 2.05) is 43.5 Å². The maximum atomic E-state index is 12.8. The number of thiazole rings is 1. The fourth-order valence-corrected chi connectivity index (χ4v) is 5.25. The summed E-state index contributed by atoms with van der Waals surface area (Å²) in [4.78, 5) is 40.8. The van der Waals surface area contributed by atoms with Crippen LogP contribution in [0.25, 0.3) is 0 Å². The number of para-hydroxylation sites is 1. The topological polar surface area (TPSA) is 112 Å². The predicted octanol–water partition coefficient (Wildman–Crippen LogP) is 4.88. The zero-order valence-electron chi connectivity index (χ0n) is 20.8. The molecule has 2 N–H and O–H groups in total. The molecule has 1 aliphatic heterocycles. The van der Waals surface area contributed by atoms with Crippen molar-refractivity contribution in [1.82, 2.24) is 24.9 Å². The minimum atomic E-state index is -0.271. The quantitative estimate of drug-likeness (QED) is 0.334. The van der Waals surface area contributed by atoms with Crippen molar-refractivity contribution >= 4 is 57.4 Å². The molecule has 10 nitrogen and oxygen atoms in total. The van der Waals surface area contributed by atoms with Crippen molar-refractivity contribution in [2.45, 2.75) is 25.7 Å². The lowest BCUT2D eigenvalue weighted by Gasteiger charge is -2.35. The Bertz CT molecular complexity index is 1430. The van der Waals surface area contributed by atoms with Gasteiger partial charge in [0.05, 0.1) is 16.9 Å². The van der Waals surface area contributed by atoms with Gasteiger partial charge in [-0.1, -0.05) is 41.1 Å². The molecule has 0 bridgehead atoms. The van der Waals surface area contributed by atoms with Crippen molar-refractivity contribution in [3.05, 3.63) is 70.1 Å². The summed E-state index contributed by atoms with van der Waals surface area (Å²) in [5, 5.41) is 7.11. The number of aryl methyl sites for hydroxylation is 1. The SMILES string of the molecule is Cc1cccc(Cl)c1NC(=O)c1cnc(Nc2nc(C3CC3)nc(N3CCN(c4ccccn4)CC3)n2)s1. The fraction of sp³-hybridized carbons (Fsp3) is 0.308. The van der Waals surface area contributed by atoms with Gasteiger partial charge in [-0.2, -0.15) is 15.0 Å². The third-order valence-electron chi connectivity index (χ3n) is 6.53. The number of amides is 1. The largest absolute Gasteiger partial charge is 0.353 e. The van der Waals surface area contributed by atoms with Crippen molar-refractivity contribution in [2.24, 2.45) is 0 Å². The summed E-state index contributed by atoms with van der Waals surface area (Å²) < 4.78 is 0. The number of piperazine rings is 1. The van der Waals surface area contributed by atoms with E-state index in [0.29, 0.717) is 38.5 Å². The highest BCUT2D eigenvalue weighted by Crippen LogP contribution is 2.39. The van der Waals surface area contributed by atoms with Gasteiger partial charge in [-0.3, -0.25) is 10.1 Å². The van der Waals surface area contributed by atoms with E-state index in [9.17, 15) is 4.79 Å². The van der Waals surface area contributed by atoms with E-state index < -0.39 is 0 Å². The van der Waals surface area contributed by atoms with E-state index >= 15 is 0 Å². The van der Waals surface area contributed by atoms with Gasteiger partial charge in [0.25, 0.3) is 5.91 Å². The van der Waals surface area contributed by atoms with Crippen molar-refractivity contribution in [1.29, 1.82) is 0 Å². The highest BCUT2D eigenvalue weighted by Gasteiger charge is 2.29. The second-order valence-electron chi connectivity index (χ2n) is 9.29. The van der Waals surface area contributed by atoms with E-state index in [0.717, 1.165) is 56.2 Å². The number of carbonyl (C=O) groups is 1. The molecule has 12 heteroatoms. The van der Waals surface area contributed by atoms with Crippen molar-refractivity contribution in [2.75, 3.05) is 46.6 Å². The summed E-state index contributed by atoms with van der Waals surface area (Å²) in [6, 6.07) is 11.5. The number of rotatable bonds is 7. The van der Waals surface area contributed by atoms with Crippen LogP contribution in [0, 0.1) is 6.92 Å². The van der Waals surface area contributed by atoms with Gasteiger partial charge in [-0.05, 0) is 43.5 Å². The minimum absolute atomic E-state index is 0.271. The summed E-state index contributed by atoms with van der Waals surface area (Å²) in [5.74, 6) is 2.97. The van der Waals surface area contributed by atoms with Crippen molar-refractivity contribution in [3.8, 4) is 0 Å². The van der Waals surface area contributed by atoms with Gasteiger partial charge in [-0.25, -0.2) is 9.97 Å². The zero-order valence-corrected chi connectivity index (χ0v) is 22.3. The Morgan fingerprint density at radius 1 is 1.00 bits per heavy atom. The molecular weight excluding hydrogens is 522 g/mol. The van der Waals surface area contributed by atoms with Crippen molar-refractivity contribution < 1.29 is 4.79 Å². The van der Waals surface area contributed by atoms with Crippen LogP contribution >= 0.6 is 22.9 Å². The molecule has 0 radical (unpaired) electrons.